The molecule has 5 N–H and O–H groups in total. The number of benzene rings is 1. The Hall–Kier alpha value is -3.87. The van der Waals surface area contributed by atoms with Crippen molar-refractivity contribution in [1.29, 1.82) is 0 Å². The number of nitrogens with one attached hydrogen (secondary N) is 1. The summed E-state index contributed by atoms with van der Waals surface area (Å²) in [5.41, 5.74) is 8.41. The van der Waals surface area contributed by atoms with E-state index in [1.54, 1.807) is 33.8 Å². The Morgan fingerprint density at radius 3 is 2.31 bits per heavy atom. The third-order valence-electron chi connectivity index (χ3n) is 4.86. The molecule has 1 atom stereocenters. The van der Waals surface area contributed by atoms with Gasteiger partial charge in [0, 0.05) is 11.2 Å². The zero-order chi connectivity index (χ0) is 27.0. The van der Waals surface area contributed by atoms with Gasteiger partial charge in [0.05, 0.1) is 11.3 Å². The Morgan fingerprint density at radius 1 is 1.14 bits per heavy atom. The molecule has 1 aromatic carbocycles. The number of furan rings is 1. The van der Waals surface area contributed by atoms with Gasteiger partial charge in [0.25, 0.3) is 17.7 Å². The second-order valence-electron chi connectivity index (χ2n) is 8.95. The highest BCUT2D eigenvalue weighted by Gasteiger charge is 2.40. The monoisotopic (exact) mass is 523 g/mol. The zero-order valence-electron chi connectivity index (χ0n) is 19.8. The number of hydrogen-bond acceptors (Lipinski definition) is 7. The Labute approximate surface area is 208 Å². The average Bonchev–Trinajstić information content (AvgIpc) is 3.35. The van der Waals surface area contributed by atoms with Crippen LogP contribution in [-0.4, -0.2) is 27.6 Å². The van der Waals surface area contributed by atoms with Gasteiger partial charge in [0.2, 0.25) is 0 Å². The minimum atomic E-state index is -4.72. The van der Waals surface area contributed by atoms with Crippen LogP contribution in [-0.2, 0) is 11.0 Å². The first-order chi connectivity index (χ1) is 16.6. The van der Waals surface area contributed by atoms with Crippen molar-refractivity contribution >= 4 is 40.6 Å². The van der Waals surface area contributed by atoms with Gasteiger partial charge >= 0.3 is 6.18 Å². The summed E-state index contributed by atoms with van der Waals surface area (Å²) in [7, 11) is 0. The van der Waals surface area contributed by atoms with Gasteiger partial charge in [-0.3, -0.25) is 19.3 Å². The fourth-order valence-electron chi connectivity index (χ4n) is 3.37. The molecule has 0 aliphatic rings. The first-order valence-corrected chi connectivity index (χ1v) is 11.3. The summed E-state index contributed by atoms with van der Waals surface area (Å²) in [5.74, 6) is -2.28. The molecule has 0 aliphatic heterocycles. The number of aromatic nitrogens is 1. The Balaban J connectivity index is 2.27. The summed E-state index contributed by atoms with van der Waals surface area (Å²) in [6.07, 6.45) is -4.72. The second kappa shape index (κ2) is 9.64. The third kappa shape index (κ3) is 5.67. The van der Waals surface area contributed by atoms with Crippen molar-refractivity contribution < 1.29 is 32.0 Å². The molecule has 1 unspecified atom stereocenters. The highest BCUT2D eigenvalue weighted by molar-refractivity contribution is 7.09. The van der Waals surface area contributed by atoms with Gasteiger partial charge in [-0.15, -0.1) is 0 Å². The SMILES string of the molecule is Cc1ccc(C(C(=O)NC(C)(C)C)N(C(=O)c2snc(C(N)=O)c2N)c2cccc(C(F)(F)F)c2)o1. The summed E-state index contributed by atoms with van der Waals surface area (Å²) in [6.45, 7) is 6.71. The lowest BCUT2D eigenvalue weighted by Gasteiger charge is -2.32. The number of aryl methyl sites for hydroxylation is 1. The second-order valence-corrected chi connectivity index (χ2v) is 9.73. The molecule has 0 spiro atoms. The van der Waals surface area contributed by atoms with E-state index < -0.39 is 41.0 Å². The maximum absolute atomic E-state index is 13.8. The number of anilines is 2. The van der Waals surface area contributed by atoms with Crippen molar-refractivity contribution in [3.63, 3.8) is 0 Å². The molecule has 3 amide bonds. The molecular formula is C23H24F3N5O4S. The number of amides is 3. The van der Waals surface area contributed by atoms with Crippen LogP contribution in [0.1, 0.15) is 64.1 Å². The van der Waals surface area contributed by atoms with Crippen molar-refractivity contribution in [1.82, 2.24) is 9.69 Å². The molecule has 3 rings (SSSR count). The first kappa shape index (κ1) is 26.7. The molecule has 9 nitrogen and oxygen atoms in total. The van der Waals surface area contributed by atoms with Crippen molar-refractivity contribution in [3.8, 4) is 0 Å². The van der Waals surface area contributed by atoms with Crippen LogP contribution in [0.2, 0.25) is 0 Å². The maximum Gasteiger partial charge on any atom is 0.416 e. The van der Waals surface area contributed by atoms with Crippen molar-refractivity contribution in [2.24, 2.45) is 5.73 Å². The largest absolute Gasteiger partial charge is 0.464 e. The Bertz CT molecular complexity index is 1310. The molecule has 0 radical (unpaired) electrons. The summed E-state index contributed by atoms with van der Waals surface area (Å²) < 4.78 is 50.1. The van der Waals surface area contributed by atoms with Gasteiger partial charge in [-0.05, 0) is 69.6 Å². The predicted molar refractivity (Wildman–Crippen MR) is 127 cm³/mol. The minimum absolute atomic E-state index is 0.00165. The number of carbonyl (C=O) groups is 3. The van der Waals surface area contributed by atoms with Crippen molar-refractivity contribution in [2.75, 3.05) is 10.6 Å². The Kier molecular flexibility index (Phi) is 7.16. The van der Waals surface area contributed by atoms with Crippen molar-refractivity contribution in [2.45, 2.75) is 45.5 Å². The van der Waals surface area contributed by atoms with Crippen LogP contribution >= 0.6 is 11.5 Å². The van der Waals surface area contributed by atoms with Crippen LogP contribution < -0.4 is 21.7 Å². The van der Waals surface area contributed by atoms with E-state index in [9.17, 15) is 27.6 Å². The number of nitrogens with zero attached hydrogens (tertiary/aromatic N) is 2. The van der Waals surface area contributed by atoms with E-state index in [1.807, 2.05) is 0 Å². The van der Waals surface area contributed by atoms with E-state index in [2.05, 4.69) is 9.69 Å². The number of primary amides is 1. The number of nitrogens with two attached hydrogens (primary N) is 2. The van der Waals surface area contributed by atoms with Gasteiger partial charge in [-0.1, -0.05) is 6.07 Å². The van der Waals surface area contributed by atoms with E-state index in [1.165, 1.54) is 12.1 Å². The Morgan fingerprint density at radius 2 is 1.81 bits per heavy atom. The number of hydrogen-bond donors (Lipinski definition) is 3. The quantitative estimate of drug-likeness (QED) is 0.445. The van der Waals surface area contributed by atoms with E-state index in [0.29, 0.717) is 17.3 Å². The molecule has 13 heteroatoms. The number of nitrogen functional groups attached to an aromatic ring is 1. The molecular weight excluding hydrogens is 499 g/mol. The molecule has 36 heavy (non-hydrogen) atoms. The third-order valence-corrected chi connectivity index (χ3v) is 5.71. The average molecular weight is 524 g/mol. The number of rotatable bonds is 6. The lowest BCUT2D eigenvalue weighted by atomic mass is 10.0. The summed E-state index contributed by atoms with van der Waals surface area (Å²) in [5, 5.41) is 2.73. The number of carbonyl (C=O) groups excluding carboxylic acids is 3. The molecule has 0 aliphatic carbocycles. The molecule has 0 bridgehead atoms. The lowest BCUT2D eigenvalue weighted by Crippen LogP contribution is -2.49. The molecule has 0 saturated carbocycles. The standard InChI is InChI=1S/C23H24F3N5O4S/c1-11-8-9-14(35-11)17(20(33)29-22(2,3)4)31(13-7-5-6-12(10-13)23(24,25)26)21(34)18-15(27)16(19(28)32)30-36-18/h5-10,17H,27H2,1-4H3,(H2,28,32)(H,29,33). The number of alkyl halides is 3. The van der Waals surface area contributed by atoms with Crippen LogP contribution in [0.25, 0.3) is 0 Å². The van der Waals surface area contributed by atoms with Gasteiger partial charge in [-0.2, -0.15) is 17.5 Å². The van der Waals surface area contributed by atoms with Gasteiger partial charge < -0.3 is 21.2 Å². The van der Waals surface area contributed by atoms with E-state index in [0.717, 1.165) is 23.1 Å². The van der Waals surface area contributed by atoms with Gasteiger partial charge in [0.1, 0.15) is 16.4 Å². The van der Waals surface area contributed by atoms with Crippen LogP contribution in [0, 0.1) is 6.92 Å². The minimum Gasteiger partial charge on any atom is -0.464 e. The van der Waals surface area contributed by atoms with Crippen LogP contribution in [0.4, 0.5) is 24.5 Å². The zero-order valence-corrected chi connectivity index (χ0v) is 20.6. The summed E-state index contributed by atoms with van der Waals surface area (Å²) in [4.78, 5) is 39.5. The highest BCUT2D eigenvalue weighted by Crippen LogP contribution is 2.37. The molecule has 2 aromatic heterocycles. The smallest absolute Gasteiger partial charge is 0.416 e. The van der Waals surface area contributed by atoms with E-state index >= 15 is 0 Å². The number of halogens is 3. The van der Waals surface area contributed by atoms with E-state index in [-0.39, 0.29) is 27.7 Å². The van der Waals surface area contributed by atoms with Gasteiger partial charge in [-0.25, -0.2) is 0 Å². The topological polar surface area (TPSA) is 145 Å². The first-order valence-electron chi connectivity index (χ1n) is 10.5. The molecule has 3 aromatic rings. The molecule has 2 heterocycles. The molecule has 192 valence electrons. The highest BCUT2D eigenvalue weighted by atomic mass is 32.1. The lowest BCUT2D eigenvalue weighted by molar-refractivity contribution is -0.137. The maximum atomic E-state index is 13.8. The van der Waals surface area contributed by atoms with Crippen LogP contribution in [0.15, 0.2) is 40.8 Å². The fraction of sp³-hybridized carbons (Fsp3) is 0.304. The summed E-state index contributed by atoms with van der Waals surface area (Å²) in [6, 6.07) is 5.38. The van der Waals surface area contributed by atoms with Gasteiger partial charge in [0.15, 0.2) is 11.7 Å². The van der Waals surface area contributed by atoms with E-state index in [4.69, 9.17) is 15.9 Å². The predicted octanol–water partition coefficient (Wildman–Crippen LogP) is 4.05. The van der Waals surface area contributed by atoms with Crippen LogP contribution in [0.3, 0.4) is 0 Å². The summed E-state index contributed by atoms with van der Waals surface area (Å²) >= 11 is 0.536. The van der Waals surface area contributed by atoms with Crippen molar-refractivity contribution in [3.05, 3.63) is 64.1 Å². The molecule has 0 fully saturated rings. The van der Waals surface area contributed by atoms with Crippen LogP contribution in [0.5, 0.6) is 0 Å². The fourth-order valence-corrected chi connectivity index (χ4v) is 4.11. The molecule has 0 saturated heterocycles. The normalized spacial score (nSPS) is 12.8.